The summed E-state index contributed by atoms with van der Waals surface area (Å²) in [6, 6.07) is 9.14. The zero-order valence-corrected chi connectivity index (χ0v) is 14.5. The van der Waals surface area contributed by atoms with Gasteiger partial charge in [-0.25, -0.2) is 4.79 Å². The fourth-order valence-corrected chi connectivity index (χ4v) is 2.79. The lowest BCUT2D eigenvalue weighted by molar-refractivity contribution is 0.0671. The van der Waals surface area contributed by atoms with E-state index in [-0.39, 0.29) is 11.9 Å². The van der Waals surface area contributed by atoms with Crippen molar-refractivity contribution in [3.63, 3.8) is 0 Å². The van der Waals surface area contributed by atoms with Gasteiger partial charge in [0.05, 0.1) is 0 Å². The topological polar surface area (TPSA) is 78.7 Å². The molecule has 1 fully saturated rings. The molecule has 7 nitrogen and oxygen atoms in total. The van der Waals surface area contributed by atoms with Gasteiger partial charge in [-0.1, -0.05) is 24.2 Å². The Hall–Kier alpha value is -2.83. The first-order valence-corrected chi connectivity index (χ1v) is 8.44. The Morgan fingerprint density at radius 2 is 1.76 bits per heavy atom. The van der Waals surface area contributed by atoms with Gasteiger partial charge in [-0.3, -0.25) is 10.1 Å². The number of aryl methyl sites for hydroxylation is 2. The predicted octanol–water partition coefficient (Wildman–Crippen LogP) is 2.54. The number of nitrogens with zero attached hydrogens (tertiary/aromatic N) is 3. The van der Waals surface area contributed by atoms with E-state index >= 15 is 0 Å². The van der Waals surface area contributed by atoms with Crippen molar-refractivity contribution in [2.75, 3.05) is 31.5 Å². The second-order valence-corrected chi connectivity index (χ2v) is 6.08. The Morgan fingerprint density at radius 3 is 2.32 bits per heavy atom. The fourth-order valence-electron chi connectivity index (χ4n) is 2.79. The van der Waals surface area contributed by atoms with Crippen molar-refractivity contribution in [2.45, 2.75) is 20.3 Å². The summed E-state index contributed by atoms with van der Waals surface area (Å²) in [5.74, 6) is 1.05. The number of carbonyl (C=O) groups is 2. The molecule has 2 aromatic rings. The highest BCUT2D eigenvalue weighted by atomic mass is 16.5. The highest BCUT2D eigenvalue weighted by Gasteiger charge is 2.25. The first-order chi connectivity index (χ1) is 12.1. The Balaban J connectivity index is 1.53. The summed E-state index contributed by atoms with van der Waals surface area (Å²) in [4.78, 5) is 28.2. The van der Waals surface area contributed by atoms with Crippen molar-refractivity contribution in [1.82, 2.24) is 15.0 Å². The van der Waals surface area contributed by atoms with Gasteiger partial charge in [-0.15, -0.1) is 0 Å². The van der Waals surface area contributed by atoms with Crippen molar-refractivity contribution >= 4 is 17.8 Å². The van der Waals surface area contributed by atoms with Crippen LogP contribution < -0.4 is 5.32 Å². The highest BCUT2D eigenvalue weighted by molar-refractivity contribution is 5.94. The molecule has 3 rings (SSSR count). The van der Waals surface area contributed by atoms with Crippen LogP contribution in [-0.2, 0) is 6.42 Å². The van der Waals surface area contributed by atoms with Crippen molar-refractivity contribution in [3.8, 4) is 0 Å². The maximum atomic E-state index is 12.6. The normalized spacial score (nSPS) is 14.5. The lowest BCUT2D eigenvalue weighted by Crippen LogP contribution is -2.51. The van der Waals surface area contributed by atoms with Crippen LogP contribution in [0.3, 0.4) is 0 Å². The average molecular weight is 342 g/mol. The van der Waals surface area contributed by atoms with Gasteiger partial charge in [0, 0.05) is 37.8 Å². The minimum absolute atomic E-state index is 0.00911. The number of aromatic nitrogens is 1. The second-order valence-electron chi connectivity index (χ2n) is 6.08. The molecule has 0 spiro atoms. The molecular formula is C18H22N4O3. The van der Waals surface area contributed by atoms with Crippen LogP contribution in [-0.4, -0.2) is 53.1 Å². The molecule has 2 heterocycles. The number of rotatable bonds is 3. The van der Waals surface area contributed by atoms with E-state index in [1.807, 2.05) is 24.3 Å². The van der Waals surface area contributed by atoms with Gasteiger partial charge >= 0.3 is 6.03 Å². The minimum atomic E-state index is -0.229. The Morgan fingerprint density at radius 1 is 1.12 bits per heavy atom. The molecule has 0 radical (unpaired) electrons. The Bertz CT molecular complexity index is 746. The van der Waals surface area contributed by atoms with Gasteiger partial charge < -0.3 is 14.3 Å². The summed E-state index contributed by atoms with van der Waals surface area (Å²) in [5.41, 5.74) is 1.90. The highest BCUT2D eigenvalue weighted by Crippen LogP contribution is 2.13. The van der Waals surface area contributed by atoms with Gasteiger partial charge in [-0.05, 0) is 31.0 Å². The smallest absolute Gasteiger partial charge is 0.323 e. The van der Waals surface area contributed by atoms with Gasteiger partial charge in [-0.2, -0.15) is 0 Å². The van der Waals surface area contributed by atoms with Crippen LogP contribution in [0.2, 0.25) is 0 Å². The van der Waals surface area contributed by atoms with E-state index in [2.05, 4.69) is 17.4 Å². The van der Waals surface area contributed by atoms with E-state index < -0.39 is 0 Å². The monoisotopic (exact) mass is 342 g/mol. The molecule has 132 valence electrons. The molecule has 1 N–H and O–H groups in total. The summed E-state index contributed by atoms with van der Waals surface area (Å²) in [5, 5.41) is 6.45. The molecule has 1 aromatic carbocycles. The third-order valence-electron chi connectivity index (χ3n) is 4.33. The SMILES string of the molecule is CCc1ccc(C(=O)N2CCN(C(=O)Nc3cc(C)on3)CC2)cc1. The zero-order chi connectivity index (χ0) is 17.8. The third-order valence-corrected chi connectivity index (χ3v) is 4.33. The van der Waals surface area contributed by atoms with E-state index in [4.69, 9.17) is 4.52 Å². The Kier molecular flexibility index (Phi) is 5.02. The lowest BCUT2D eigenvalue weighted by atomic mass is 10.1. The summed E-state index contributed by atoms with van der Waals surface area (Å²) >= 11 is 0. The number of hydrogen-bond donors (Lipinski definition) is 1. The largest absolute Gasteiger partial charge is 0.360 e. The fraction of sp³-hybridized carbons (Fsp3) is 0.389. The number of carbonyl (C=O) groups excluding carboxylic acids is 2. The van der Waals surface area contributed by atoms with Crippen LogP contribution >= 0.6 is 0 Å². The molecule has 1 aliphatic rings. The van der Waals surface area contributed by atoms with Crippen molar-refractivity contribution in [1.29, 1.82) is 0 Å². The van der Waals surface area contributed by atoms with Gasteiger partial charge in [0.1, 0.15) is 5.76 Å². The van der Waals surface area contributed by atoms with Crippen molar-refractivity contribution in [2.24, 2.45) is 0 Å². The molecule has 1 aliphatic heterocycles. The van der Waals surface area contributed by atoms with E-state index in [1.165, 1.54) is 5.56 Å². The van der Waals surface area contributed by atoms with Crippen molar-refractivity contribution < 1.29 is 14.1 Å². The number of benzene rings is 1. The van der Waals surface area contributed by atoms with Crippen LogP contribution in [0.15, 0.2) is 34.9 Å². The maximum Gasteiger partial charge on any atom is 0.323 e. The average Bonchev–Trinajstić information content (AvgIpc) is 3.06. The molecule has 25 heavy (non-hydrogen) atoms. The molecule has 3 amide bonds. The summed E-state index contributed by atoms with van der Waals surface area (Å²) < 4.78 is 4.93. The quantitative estimate of drug-likeness (QED) is 0.930. The molecule has 0 unspecified atom stereocenters. The second kappa shape index (κ2) is 7.38. The minimum Gasteiger partial charge on any atom is -0.360 e. The van der Waals surface area contributed by atoms with E-state index in [0.29, 0.717) is 43.3 Å². The molecule has 0 atom stereocenters. The first-order valence-electron chi connectivity index (χ1n) is 8.44. The molecule has 1 aromatic heterocycles. The third kappa shape index (κ3) is 3.99. The van der Waals surface area contributed by atoms with Crippen LogP contribution in [0.5, 0.6) is 0 Å². The van der Waals surface area contributed by atoms with E-state index in [0.717, 1.165) is 6.42 Å². The molecule has 7 heteroatoms. The maximum absolute atomic E-state index is 12.6. The summed E-state index contributed by atoms with van der Waals surface area (Å²) in [6.07, 6.45) is 0.952. The van der Waals surface area contributed by atoms with Crippen LogP contribution in [0, 0.1) is 6.92 Å². The standard InChI is InChI=1S/C18H22N4O3/c1-3-14-4-6-15(7-5-14)17(23)21-8-10-22(11-9-21)18(24)19-16-12-13(2)25-20-16/h4-7,12H,3,8-11H2,1-2H3,(H,19,20,24). The summed E-state index contributed by atoms with van der Waals surface area (Å²) in [6.45, 7) is 5.85. The number of anilines is 1. The number of urea groups is 1. The van der Waals surface area contributed by atoms with E-state index in [1.54, 1.807) is 22.8 Å². The lowest BCUT2D eigenvalue weighted by Gasteiger charge is -2.34. The number of piperazine rings is 1. The summed E-state index contributed by atoms with van der Waals surface area (Å²) in [7, 11) is 0. The molecule has 1 saturated heterocycles. The van der Waals surface area contributed by atoms with E-state index in [9.17, 15) is 9.59 Å². The van der Waals surface area contributed by atoms with Crippen molar-refractivity contribution in [3.05, 3.63) is 47.2 Å². The zero-order valence-electron chi connectivity index (χ0n) is 14.5. The van der Waals surface area contributed by atoms with Crippen LogP contribution in [0.4, 0.5) is 10.6 Å². The molecule has 0 aliphatic carbocycles. The van der Waals surface area contributed by atoms with Crippen LogP contribution in [0.25, 0.3) is 0 Å². The molecular weight excluding hydrogens is 320 g/mol. The number of amides is 3. The number of hydrogen-bond acceptors (Lipinski definition) is 4. The first kappa shape index (κ1) is 17.0. The van der Waals surface area contributed by atoms with Gasteiger partial charge in [0.25, 0.3) is 5.91 Å². The van der Waals surface area contributed by atoms with Gasteiger partial charge in [0.15, 0.2) is 5.82 Å². The van der Waals surface area contributed by atoms with Crippen LogP contribution in [0.1, 0.15) is 28.6 Å². The molecule has 0 bridgehead atoms. The molecule has 0 saturated carbocycles. The van der Waals surface area contributed by atoms with Gasteiger partial charge in [0.2, 0.25) is 0 Å². The number of nitrogens with one attached hydrogen (secondary N) is 1. The Labute approximate surface area is 146 Å². The predicted molar refractivity (Wildman–Crippen MR) is 93.6 cm³/mol.